The van der Waals surface area contributed by atoms with Gasteiger partial charge in [0.05, 0.1) is 23.6 Å². The van der Waals surface area contributed by atoms with E-state index in [0.717, 1.165) is 11.1 Å². The van der Waals surface area contributed by atoms with Gasteiger partial charge in [0, 0.05) is 17.6 Å². The Morgan fingerprint density at radius 1 is 1.21 bits per heavy atom. The van der Waals surface area contributed by atoms with Crippen LogP contribution in [0.5, 0.6) is 5.75 Å². The predicted octanol–water partition coefficient (Wildman–Crippen LogP) is 4.84. The fraction of sp³-hybridized carbons (Fsp3) is 0.211. The zero-order chi connectivity index (χ0) is 20.3. The highest BCUT2D eigenvalue weighted by Crippen LogP contribution is 2.31. The summed E-state index contributed by atoms with van der Waals surface area (Å²) in [5.41, 5.74) is 2.39. The number of nitrogens with one attached hydrogen (secondary N) is 1. The van der Waals surface area contributed by atoms with Crippen LogP contribution in [-0.2, 0) is 11.8 Å². The summed E-state index contributed by atoms with van der Waals surface area (Å²) in [5.74, 6) is 1.23. The number of hydrogen-bond acceptors (Lipinski definition) is 5. The van der Waals surface area contributed by atoms with Gasteiger partial charge in [0.15, 0.2) is 11.0 Å². The van der Waals surface area contributed by atoms with Crippen LogP contribution < -0.4 is 10.1 Å². The van der Waals surface area contributed by atoms with Gasteiger partial charge in [0.1, 0.15) is 5.75 Å². The lowest BCUT2D eigenvalue weighted by Gasteiger charge is -2.11. The highest BCUT2D eigenvalue weighted by molar-refractivity contribution is 7.99. The van der Waals surface area contributed by atoms with Gasteiger partial charge in [-0.3, -0.25) is 4.79 Å². The average molecular weight is 437 g/mol. The number of aromatic nitrogens is 3. The van der Waals surface area contributed by atoms with Crippen molar-refractivity contribution < 1.29 is 9.53 Å². The lowest BCUT2D eigenvalue weighted by atomic mass is 10.2. The molecular formula is C19H18Cl2N4O2S. The molecule has 3 rings (SSSR count). The highest BCUT2D eigenvalue weighted by atomic mass is 35.5. The number of nitrogens with zero attached hydrogens (tertiary/aromatic N) is 3. The first-order valence-electron chi connectivity index (χ1n) is 8.31. The molecule has 3 aromatic rings. The number of halogens is 2. The first-order chi connectivity index (χ1) is 13.4. The summed E-state index contributed by atoms with van der Waals surface area (Å²) in [6.45, 7) is 1.95. The minimum atomic E-state index is -0.164. The van der Waals surface area contributed by atoms with Crippen LogP contribution >= 0.6 is 35.0 Å². The third-order valence-electron chi connectivity index (χ3n) is 3.97. The fourth-order valence-corrected chi connectivity index (χ4v) is 3.79. The van der Waals surface area contributed by atoms with Gasteiger partial charge in [0.25, 0.3) is 0 Å². The smallest absolute Gasteiger partial charge is 0.234 e. The van der Waals surface area contributed by atoms with Crippen LogP contribution in [0.2, 0.25) is 10.0 Å². The maximum absolute atomic E-state index is 12.4. The molecule has 1 aromatic heterocycles. The summed E-state index contributed by atoms with van der Waals surface area (Å²) in [5, 5.41) is 12.9. The average Bonchev–Trinajstić information content (AvgIpc) is 3.01. The normalized spacial score (nSPS) is 10.8. The van der Waals surface area contributed by atoms with E-state index < -0.39 is 0 Å². The number of benzene rings is 2. The standard InChI is InChI=1S/C19H18Cl2N4O2S/c1-11-4-7-16(27-3)15(8-11)22-17(26)10-28-19-24-23-18(25(19)2)13-6-5-12(20)9-14(13)21/h4-9H,10H2,1-3H3,(H,22,26). The largest absolute Gasteiger partial charge is 0.495 e. The maximum atomic E-state index is 12.4. The van der Waals surface area contributed by atoms with Crippen LogP contribution in [-0.4, -0.2) is 33.5 Å². The first kappa shape index (κ1) is 20.5. The molecule has 0 saturated carbocycles. The van der Waals surface area contributed by atoms with Crippen LogP contribution in [0.25, 0.3) is 11.4 Å². The predicted molar refractivity (Wildman–Crippen MR) is 114 cm³/mol. The Morgan fingerprint density at radius 2 is 2.00 bits per heavy atom. The quantitative estimate of drug-likeness (QED) is 0.559. The number of carbonyl (C=O) groups is 1. The molecule has 0 saturated heterocycles. The highest BCUT2D eigenvalue weighted by Gasteiger charge is 2.16. The molecular weight excluding hydrogens is 419 g/mol. The zero-order valence-corrected chi connectivity index (χ0v) is 17.8. The Hall–Kier alpha value is -2.22. The molecule has 0 aliphatic heterocycles. The van der Waals surface area contributed by atoms with Crippen molar-refractivity contribution >= 4 is 46.6 Å². The SMILES string of the molecule is COc1ccc(C)cc1NC(=O)CSc1nnc(-c2ccc(Cl)cc2Cl)n1C. The van der Waals surface area contributed by atoms with Gasteiger partial charge in [-0.15, -0.1) is 10.2 Å². The van der Waals surface area contributed by atoms with Gasteiger partial charge in [0.2, 0.25) is 5.91 Å². The van der Waals surface area contributed by atoms with Crippen molar-refractivity contribution in [1.29, 1.82) is 0 Å². The number of amides is 1. The first-order valence-corrected chi connectivity index (χ1v) is 10.1. The molecule has 0 fully saturated rings. The molecule has 2 aromatic carbocycles. The number of rotatable bonds is 6. The molecule has 6 nitrogen and oxygen atoms in total. The van der Waals surface area contributed by atoms with E-state index in [9.17, 15) is 4.79 Å². The topological polar surface area (TPSA) is 69.0 Å². The van der Waals surface area contributed by atoms with Crippen molar-refractivity contribution in [3.05, 3.63) is 52.0 Å². The van der Waals surface area contributed by atoms with Crippen LogP contribution in [0, 0.1) is 6.92 Å². The van der Waals surface area contributed by atoms with E-state index in [-0.39, 0.29) is 11.7 Å². The molecule has 1 N–H and O–H groups in total. The van der Waals surface area contributed by atoms with E-state index in [2.05, 4.69) is 15.5 Å². The number of anilines is 1. The molecule has 0 atom stereocenters. The molecule has 28 heavy (non-hydrogen) atoms. The van der Waals surface area contributed by atoms with E-state index in [0.29, 0.717) is 32.5 Å². The number of aryl methyl sites for hydroxylation is 1. The van der Waals surface area contributed by atoms with Crippen molar-refractivity contribution in [2.75, 3.05) is 18.2 Å². The number of thioether (sulfide) groups is 1. The van der Waals surface area contributed by atoms with E-state index in [1.807, 2.05) is 32.2 Å². The lowest BCUT2D eigenvalue weighted by molar-refractivity contribution is -0.113. The van der Waals surface area contributed by atoms with Crippen LogP contribution in [0.1, 0.15) is 5.56 Å². The van der Waals surface area contributed by atoms with Crippen molar-refractivity contribution in [3.63, 3.8) is 0 Å². The maximum Gasteiger partial charge on any atom is 0.234 e. The summed E-state index contributed by atoms with van der Waals surface area (Å²) in [4.78, 5) is 12.4. The summed E-state index contributed by atoms with van der Waals surface area (Å²) < 4.78 is 7.08. The Morgan fingerprint density at radius 3 is 2.71 bits per heavy atom. The summed E-state index contributed by atoms with van der Waals surface area (Å²) in [7, 11) is 3.39. The molecule has 0 spiro atoms. The van der Waals surface area contributed by atoms with E-state index >= 15 is 0 Å². The summed E-state index contributed by atoms with van der Waals surface area (Å²) >= 11 is 13.5. The number of carbonyl (C=O) groups excluding carboxylic acids is 1. The van der Waals surface area contributed by atoms with Gasteiger partial charge >= 0.3 is 0 Å². The fourth-order valence-electron chi connectivity index (χ4n) is 2.58. The lowest BCUT2D eigenvalue weighted by Crippen LogP contribution is -2.15. The summed E-state index contributed by atoms with van der Waals surface area (Å²) in [6, 6.07) is 10.8. The molecule has 0 aliphatic carbocycles. The molecule has 0 radical (unpaired) electrons. The summed E-state index contributed by atoms with van der Waals surface area (Å²) in [6.07, 6.45) is 0. The van der Waals surface area contributed by atoms with Crippen molar-refractivity contribution in [1.82, 2.24) is 14.8 Å². The molecule has 0 bridgehead atoms. The van der Waals surface area contributed by atoms with Gasteiger partial charge < -0.3 is 14.6 Å². The van der Waals surface area contributed by atoms with Crippen LogP contribution in [0.4, 0.5) is 5.69 Å². The van der Waals surface area contributed by atoms with Crippen molar-refractivity contribution in [2.24, 2.45) is 7.05 Å². The van der Waals surface area contributed by atoms with Gasteiger partial charge in [-0.25, -0.2) is 0 Å². The number of methoxy groups -OCH3 is 1. The van der Waals surface area contributed by atoms with Crippen molar-refractivity contribution in [3.8, 4) is 17.1 Å². The second kappa shape index (κ2) is 8.86. The van der Waals surface area contributed by atoms with E-state index in [4.69, 9.17) is 27.9 Å². The van der Waals surface area contributed by atoms with Gasteiger partial charge in [-0.1, -0.05) is 41.0 Å². The Labute approximate surface area is 177 Å². The molecule has 0 aliphatic rings. The van der Waals surface area contributed by atoms with E-state index in [1.54, 1.807) is 29.9 Å². The molecule has 0 unspecified atom stereocenters. The van der Waals surface area contributed by atoms with Gasteiger partial charge in [-0.2, -0.15) is 0 Å². The monoisotopic (exact) mass is 436 g/mol. The van der Waals surface area contributed by atoms with E-state index in [1.165, 1.54) is 11.8 Å². The molecule has 1 amide bonds. The Kier molecular flexibility index (Phi) is 6.49. The Bertz CT molecular complexity index is 1020. The minimum absolute atomic E-state index is 0.164. The van der Waals surface area contributed by atoms with Crippen LogP contribution in [0.3, 0.4) is 0 Å². The van der Waals surface area contributed by atoms with Gasteiger partial charge in [-0.05, 0) is 42.8 Å². The molecule has 1 heterocycles. The third-order valence-corrected chi connectivity index (χ3v) is 5.54. The second-order valence-corrected chi connectivity index (χ2v) is 7.82. The minimum Gasteiger partial charge on any atom is -0.495 e. The number of ether oxygens (including phenoxy) is 1. The second-order valence-electron chi connectivity index (χ2n) is 6.03. The third kappa shape index (κ3) is 4.60. The Balaban J connectivity index is 1.69. The molecule has 146 valence electrons. The van der Waals surface area contributed by atoms with Crippen molar-refractivity contribution in [2.45, 2.75) is 12.1 Å². The number of hydrogen-bond donors (Lipinski definition) is 1. The van der Waals surface area contributed by atoms with Crippen LogP contribution in [0.15, 0.2) is 41.6 Å². The zero-order valence-electron chi connectivity index (χ0n) is 15.5. The molecule has 9 heteroatoms.